The van der Waals surface area contributed by atoms with Crippen LogP contribution < -0.4 is 10.6 Å². The van der Waals surface area contributed by atoms with E-state index in [1.165, 1.54) is 10.9 Å². The minimum atomic E-state index is -0.297. The van der Waals surface area contributed by atoms with Crippen LogP contribution in [-0.4, -0.2) is 53.7 Å². The van der Waals surface area contributed by atoms with Crippen molar-refractivity contribution in [3.8, 4) is 0 Å². The second-order valence-electron chi connectivity index (χ2n) is 5.76. The average Bonchev–Trinajstić information content (AvgIpc) is 2.99. The molecule has 1 atom stereocenters. The van der Waals surface area contributed by atoms with Crippen molar-refractivity contribution < 1.29 is 9.59 Å². The smallest absolute Gasteiger partial charge is 0.242 e. The van der Waals surface area contributed by atoms with E-state index in [4.69, 9.17) is 0 Å². The maximum absolute atomic E-state index is 12.6. The minimum Gasteiger partial charge on any atom is -0.358 e. The van der Waals surface area contributed by atoms with Gasteiger partial charge in [0.1, 0.15) is 6.54 Å². The zero-order chi connectivity index (χ0) is 17.5. The molecule has 0 fully saturated rings. The molecular formula is C17H23N5O2. The van der Waals surface area contributed by atoms with E-state index < -0.39 is 0 Å². The molecule has 0 saturated carbocycles. The summed E-state index contributed by atoms with van der Waals surface area (Å²) in [6, 6.07) is 9.59. The monoisotopic (exact) mass is 329 g/mol. The van der Waals surface area contributed by atoms with Crippen LogP contribution in [0.5, 0.6) is 0 Å². The van der Waals surface area contributed by atoms with Crippen LogP contribution in [0.3, 0.4) is 0 Å². The summed E-state index contributed by atoms with van der Waals surface area (Å²) >= 11 is 0. The summed E-state index contributed by atoms with van der Waals surface area (Å²) in [5.74, 6) is -0.255. The molecule has 0 radical (unpaired) electrons. The van der Waals surface area contributed by atoms with Crippen LogP contribution in [0.1, 0.15) is 5.56 Å². The highest BCUT2D eigenvalue weighted by molar-refractivity contribution is 5.94. The van der Waals surface area contributed by atoms with E-state index in [0.717, 1.165) is 5.56 Å². The lowest BCUT2D eigenvalue weighted by Gasteiger charge is -2.23. The Morgan fingerprint density at radius 1 is 1.25 bits per heavy atom. The van der Waals surface area contributed by atoms with Crippen molar-refractivity contribution in [1.29, 1.82) is 0 Å². The van der Waals surface area contributed by atoms with Crippen molar-refractivity contribution in [3.63, 3.8) is 0 Å². The molecule has 0 aliphatic carbocycles. The first kappa shape index (κ1) is 17.7. The van der Waals surface area contributed by atoms with Crippen LogP contribution in [0.15, 0.2) is 42.7 Å². The molecule has 0 aliphatic rings. The molecule has 1 heterocycles. The summed E-state index contributed by atoms with van der Waals surface area (Å²) in [5.41, 5.74) is 1.67. The second kappa shape index (κ2) is 8.26. The van der Waals surface area contributed by atoms with Gasteiger partial charge in [-0.15, -0.1) is 0 Å². The van der Waals surface area contributed by atoms with Crippen LogP contribution in [0.4, 0.5) is 5.69 Å². The molecule has 0 unspecified atom stereocenters. The number of carbonyl (C=O) groups excluding carboxylic acids is 2. The average molecular weight is 329 g/mol. The molecule has 7 nitrogen and oxygen atoms in total. The van der Waals surface area contributed by atoms with Crippen molar-refractivity contribution in [2.24, 2.45) is 0 Å². The molecule has 2 rings (SSSR count). The molecule has 2 aromatic rings. The lowest BCUT2D eigenvalue weighted by molar-refractivity contribution is -0.121. The van der Waals surface area contributed by atoms with Crippen LogP contribution in [0.25, 0.3) is 0 Å². The Morgan fingerprint density at radius 3 is 2.58 bits per heavy atom. The number of aromatic nitrogens is 2. The van der Waals surface area contributed by atoms with Crippen molar-refractivity contribution in [3.05, 3.63) is 48.3 Å². The molecule has 0 aliphatic heterocycles. The van der Waals surface area contributed by atoms with Gasteiger partial charge in [0.2, 0.25) is 11.8 Å². The number of amides is 2. The van der Waals surface area contributed by atoms with Gasteiger partial charge in [-0.3, -0.25) is 19.2 Å². The van der Waals surface area contributed by atoms with Gasteiger partial charge in [0.15, 0.2) is 0 Å². The van der Waals surface area contributed by atoms with Crippen molar-refractivity contribution in [1.82, 2.24) is 20.0 Å². The van der Waals surface area contributed by atoms with Gasteiger partial charge < -0.3 is 10.6 Å². The number of hydrogen-bond acceptors (Lipinski definition) is 4. The number of nitrogens with one attached hydrogen (secondary N) is 2. The Kier molecular flexibility index (Phi) is 6.08. The van der Waals surface area contributed by atoms with Crippen LogP contribution in [0, 0.1) is 0 Å². The van der Waals surface area contributed by atoms with Gasteiger partial charge in [0.05, 0.1) is 17.9 Å². The lowest BCUT2D eigenvalue weighted by Crippen LogP contribution is -2.41. The number of rotatable bonds is 7. The van der Waals surface area contributed by atoms with Crippen molar-refractivity contribution >= 4 is 17.5 Å². The highest BCUT2D eigenvalue weighted by Gasteiger charge is 2.21. The van der Waals surface area contributed by atoms with Gasteiger partial charge in [-0.25, -0.2) is 0 Å². The fourth-order valence-corrected chi connectivity index (χ4v) is 2.31. The number of anilines is 1. The first-order chi connectivity index (χ1) is 11.5. The predicted molar refractivity (Wildman–Crippen MR) is 92.5 cm³/mol. The van der Waals surface area contributed by atoms with Crippen LogP contribution in [-0.2, 0) is 22.6 Å². The summed E-state index contributed by atoms with van der Waals surface area (Å²) in [5, 5.41) is 9.46. The second-order valence-corrected chi connectivity index (χ2v) is 5.76. The fraction of sp³-hybridized carbons (Fsp3) is 0.353. The molecule has 0 saturated heterocycles. The van der Waals surface area contributed by atoms with Gasteiger partial charge in [-0.05, 0) is 26.1 Å². The number of carbonyl (C=O) groups is 2. The molecular weight excluding hydrogens is 306 g/mol. The first-order valence-corrected chi connectivity index (χ1v) is 7.74. The SMILES string of the molecule is CNC(=O)Cn1cc(NC(=O)[C@H](Cc2ccccc2)N(C)C)cn1. The maximum atomic E-state index is 12.6. The maximum Gasteiger partial charge on any atom is 0.242 e. The van der Waals surface area contributed by atoms with E-state index >= 15 is 0 Å². The molecule has 2 N–H and O–H groups in total. The van der Waals surface area contributed by atoms with E-state index in [1.54, 1.807) is 13.2 Å². The molecule has 1 aromatic carbocycles. The third-order valence-electron chi connectivity index (χ3n) is 3.68. The molecule has 24 heavy (non-hydrogen) atoms. The third-order valence-corrected chi connectivity index (χ3v) is 3.68. The molecule has 1 aromatic heterocycles. The van der Waals surface area contributed by atoms with E-state index in [9.17, 15) is 9.59 Å². The predicted octanol–water partition coefficient (Wildman–Crippen LogP) is 0.741. The number of benzene rings is 1. The van der Waals surface area contributed by atoms with Crippen LogP contribution >= 0.6 is 0 Å². The standard InChI is InChI=1S/C17H23N5O2/c1-18-16(23)12-22-11-14(10-19-22)20-17(24)15(21(2)3)9-13-7-5-4-6-8-13/h4-8,10-11,15H,9,12H2,1-3H3,(H,18,23)(H,20,24)/t15-/m0/s1. The molecule has 0 spiro atoms. The number of nitrogens with zero attached hydrogens (tertiary/aromatic N) is 3. The van der Waals surface area contributed by atoms with Gasteiger partial charge in [0.25, 0.3) is 0 Å². The largest absolute Gasteiger partial charge is 0.358 e. The highest BCUT2D eigenvalue weighted by atomic mass is 16.2. The van der Waals surface area contributed by atoms with Crippen molar-refractivity contribution in [2.45, 2.75) is 19.0 Å². The summed E-state index contributed by atoms with van der Waals surface area (Å²) in [4.78, 5) is 25.8. The van der Waals surface area contributed by atoms with Crippen molar-refractivity contribution in [2.75, 3.05) is 26.5 Å². The Labute approximate surface area is 141 Å². The van der Waals surface area contributed by atoms with Gasteiger partial charge in [0, 0.05) is 13.2 Å². The van der Waals surface area contributed by atoms with E-state index in [2.05, 4.69) is 15.7 Å². The molecule has 2 amide bonds. The third kappa shape index (κ3) is 4.92. The highest BCUT2D eigenvalue weighted by Crippen LogP contribution is 2.11. The molecule has 128 valence electrons. The van der Waals surface area contributed by atoms with Gasteiger partial charge in [-0.1, -0.05) is 30.3 Å². The fourth-order valence-electron chi connectivity index (χ4n) is 2.31. The van der Waals surface area contributed by atoms with Gasteiger partial charge >= 0.3 is 0 Å². The zero-order valence-electron chi connectivity index (χ0n) is 14.2. The Morgan fingerprint density at radius 2 is 1.96 bits per heavy atom. The zero-order valence-corrected chi connectivity index (χ0v) is 14.2. The Hall–Kier alpha value is -2.67. The van der Waals surface area contributed by atoms with Gasteiger partial charge in [-0.2, -0.15) is 5.10 Å². The number of hydrogen-bond donors (Lipinski definition) is 2. The summed E-state index contributed by atoms with van der Waals surface area (Å²) < 4.78 is 1.48. The van der Waals surface area contributed by atoms with Crippen LogP contribution in [0.2, 0.25) is 0 Å². The lowest BCUT2D eigenvalue weighted by atomic mass is 10.0. The number of likely N-dealkylation sites (N-methyl/N-ethyl adjacent to an activating group) is 2. The summed E-state index contributed by atoms with van der Waals surface area (Å²) in [6.45, 7) is 0.119. The summed E-state index contributed by atoms with van der Waals surface area (Å²) in [7, 11) is 5.32. The molecule has 7 heteroatoms. The van der Waals surface area contributed by atoms with E-state index in [1.807, 2.05) is 49.3 Å². The summed E-state index contributed by atoms with van der Waals surface area (Å²) in [6.07, 6.45) is 3.80. The Balaban J connectivity index is 2.01. The minimum absolute atomic E-state index is 0.108. The Bertz CT molecular complexity index is 681. The van der Waals surface area contributed by atoms with E-state index in [-0.39, 0.29) is 24.4 Å². The molecule has 0 bridgehead atoms. The normalized spacial score (nSPS) is 12.0. The first-order valence-electron chi connectivity index (χ1n) is 7.74. The quantitative estimate of drug-likeness (QED) is 0.785. The van der Waals surface area contributed by atoms with E-state index in [0.29, 0.717) is 12.1 Å². The topological polar surface area (TPSA) is 79.3 Å².